The van der Waals surface area contributed by atoms with Crippen molar-refractivity contribution in [3.63, 3.8) is 0 Å². The van der Waals surface area contributed by atoms with E-state index in [4.69, 9.17) is 4.74 Å². The summed E-state index contributed by atoms with van der Waals surface area (Å²) in [5, 5.41) is 0. The van der Waals surface area contributed by atoms with Crippen molar-refractivity contribution in [1.29, 1.82) is 0 Å². The number of rotatable bonds is 14. The van der Waals surface area contributed by atoms with Crippen LogP contribution in [-0.2, 0) is 11.3 Å². The number of hydrogen-bond donors (Lipinski definition) is 0. The SMILES string of the molecule is C=CC/C(CCCCCC)=C(/CC=C)CCOCc1ccccc1. The van der Waals surface area contributed by atoms with E-state index in [2.05, 4.69) is 44.3 Å². The Morgan fingerprint density at radius 2 is 1.58 bits per heavy atom. The van der Waals surface area contributed by atoms with Gasteiger partial charge in [0.25, 0.3) is 0 Å². The Kier molecular flexibility index (Phi) is 11.8. The normalized spacial score (nSPS) is 11.9. The fraction of sp³-hybridized carbons (Fsp3) is 0.478. The van der Waals surface area contributed by atoms with Crippen molar-refractivity contribution in [2.45, 2.75) is 64.9 Å². The minimum absolute atomic E-state index is 0.690. The molecule has 0 bridgehead atoms. The summed E-state index contributed by atoms with van der Waals surface area (Å²) < 4.78 is 5.87. The monoisotopic (exact) mass is 326 g/mol. The maximum Gasteiger partial charge on any atom is 0.0717 e. The Morgan fingerprint density at radius 1 is 0.917 bits per heavy atom. The summed E-state index contributed by atoms with van der Waals surface area (Å²) in [6.45, 7) is 11.6. The topological polar surface area (TPSA) is 9.23 Å². The van der Waals surface area contributed by atoms with Crippen molar-refractivity contribution in [3.05, 3.63) is 72.4 Å². The largest absolute Gasteiger partial charge is 0.376 e. The van der Waals surface area contributed by atoms with Crippen molar-refractivity contribution < 1.29 is 4.74 Å². The van der Waals surface area contributed by atoms with Crippen LogP contribution in [0.15, 0.2) is 66.8 Å². The lowest BCUT2D eigenvalue weighted by atomic mass is 9.94. The average Bonchev–Trinajstić information content (AvgIpc) is 2.61. The van der Waals surface area contributed by atoms with Crippen LogP contribution in [-0.4, -0.2) is 6.61 Å². The Hall–Kier alpha value is -1.60. The highest BCUT2D eigenvalue weighted by molar-refractivity contribution is 5.19. The molecule has 0 N–H and O–H groups in total. The van der Waals surface area contributed by atoms with Gasteiger partial charge >= 0.3 is 0 Å². The van der Waals surface area contributed by atoms with Gasteiger partial charge in [-0.15, -0.1) is 13.2 Å². The highest BCUT2D eigenvalue weighted by atomic mass is 16.5. The Labute approximate surface area is 149 Å². The van der Waals surface area contributed by atoms with Gasteiger partial charge in [0.2, 0.25) is 0 Å². The molecule has 0 saturated carbocycles. The van der Waals surface area contributed by atoms with Gasteiger partial charge in [0.1, 0.15) is 0 Å². The molecule has 0 radical (unpaired) electrons. The van der Waals surface area contributed by atoms with Crippen LogP contribution < -0.4 is 0 Å². The molecule has 0 atom stereocenters. The summed E-state index contributed by atoms with van der Waals surface area (Å²) in [5.41, 5.74) is 4.27. The van der Waals surface area contributed by atoms with Crippen LogP contribution in [0.5, 0.6) is 0 Å². The first-order valence-electron chi connectivity index (χ1n) is 9.35. The van der Waals surface area contributed by atoms with E-state index >= 15 is 0 Å². The van der Waals surface area contributed by atoms with Crippen LogP contribution in [0.3, 0.4) is 0 Å². The predicted octanol–water partition coefficient (Wildman–Crippen LogP) is 7.01. The first-order valence-corrected chi connectivity index (χ1v) is 9.35. The minimum Gasteiger partial charge on any atom is -0.376 e. The molecule has 0 aliphatic carbocycles. The van der Waals surface area contributed by atoms with Crippen molar-refractivity contribution in [2.24, 2.45) is 0 Å². The molecule has 0 fully saturated rings. The van der Waals surface area contributed by atoms with Gasteiger partial charge in [0.05, 0.1) is 13.2 Å². The highest BCUT2D eigenvalue weighted by Gasteiger charge is 2.06. The molecule has 1 rings (SSSR count). The van der Waals surface area contributed by atoms with Crippen molar-refractivity contribution in [3.8, 4) is 0 Å². The van der Waals surface area contributed by atoms with Crippen molar-refractivity contribution in [2.75, 3.05) is 6.61 Å². The van der Waals surface area contributed by atoms with Crippen LogP contribution in [0.4, 0.5) is 0 Å². The lowest BCUT2D eigenvalue weighted by Crippen LogP contribution is -2.00. The molecule has 0 aliphatic rings. The number of ether oxygens (including phenoxy) is 1. The van der Waals surface area contributed by atoms with Crippen LogP contribution in [0.2, 0.25) is 0 Å². The molecule has 1 aromatic carbocycles. The summed E-state index contributed by atoms with van der Waals surface area (Å²) in [5.74, 6) is 0. The van der Waals surface area contributed by atoms with Crippen LogP contribution in [0.25, 0.3) is 0 Å². The molecule has 1 heteroatoms. The average molecular weight is 327 g/mol. The summed E-state index contributed by atoms with van der Waals surface area (Å²) in [6, 6.07) is 10.4. The standard InChI is InChI=1S/C23H34O/c1-4-7-8-12-17-22(13-5-2)23(14-6-3)18-19-24-20-21-15-10-9-11-16-21/h5-6,9-11,15-16H,2-4,7-8,12-14,17-20H2,1H3/b23-22+. The fourth-order valence-corrected chi connectivity index (χ4v) is 2.92. The molecular weight excluding hydrogens is 292 g/mol. The van der Waals surface area contributed by atoms with E-state index in [1.807, 2.05) is 18.2 Å². The smallest absolute Gasteiger partial charge is 0.0717 e. The van der Waals surface area contributed by atoms with Gasteiger partial charge in [-0.2, -0.15) is 0 Å². The maximum atomic E-state index is 5.87. The Morgan fingerprint density at radius 3 is 2.21 bits per heavy atom. The van der Waals surface area contributed by atoms with Crippen molar-refractivity contribution >= 4 is 0 Å². The summed E-state index contributed by atoms with van der Waals surface area (Å²) in [7, 11) is 0. The molecule has 0 unspecified atom stereocenters. The van der Waals surface area contributed by atoms with Crippen LogP contribution in [0, 0.1) is 0 Å². The molecule has 1 nitrogen and oxygen atoms in total. The summed E-state index contributed by atoms with van der Waals surface area (Å²) in [6.07, 6.45) is 13.4. The maximum absolute atomic E-state index is 5.87. The molecule has 0 spiro atoms. The second-order valence-corrected chi connectivity index (χ2v) is 6.29. The number of allylic oxidation sites excluding steroid dienone is 3. The van der Waals surface area contributed by atoms with Gasteiger partial charge in [0, 0.05) is 0 Å². The zero-order valence-electron chi connectivity index (χ0n) is 15.4. The molecule has 0 saturated heterocycles. The Bertz CT molecular complexity index is 484. The number of unbranched alkanes of at least 4 members (excludes halogenated alkanes) is 3. The van der Waals surface area contributed by atoms with Crippen LogP contribution >= 0.6 is 0 Å². The molecule has 0 heterocycles. The van der Waals surface area contributed by atoms with E-state index in [0.29, 0.717) is 6.61 Å². The summed E-state index contributed by atoms with van der Waals surface area (Å²) in [4.78, 5) is 0. The third-order valence-corrected chi connectivity index (χ3v) is 4.27. The molecule has 1 aromatic rings. The molecule has 0 aromatic heterocycles. The number of hydrogen-bond acceptors (Lipinski definition) is 1. The predicted molar refractivity (Wildman–Crippen MR) is 106 cm³/mol. The summed E-state index contributed by atoms with van der Waals surface area (Å²) >= 11 is 0. The van der Waals surface area contributed by atoms with E-state index in [1.54, 1.807) is 5.57 Å². The van der Waals surface area contributed by atoms with E-state index < -0.39 is 0 Å². The lowest BCUT2D eigenvalue weighted by molar-refractivity contribution is 0.123. The quantitative estimate of drug-likeness (QED) is 0.264. The third kappa shape index (κ3) is 8.88. The molecule has 132 valence electrons. The van der Waals surface area contributed by atoms with Crippen LogP contribution in [0.1, 0.15) is 63.9 Å². The van der Waals surface area contributed by atoms with Gasteiger partial charge < -0.3 is 4.74 Å². The van der Waals surface area contributed by atoms with E-state index in [1.165, 1.54) is 43.2 Å². The third-order valence-electron chi connectivity index (χ3n) is 4.27. The fourth-order valence-electron chi connectivity index (χ4n) is 2.92. The zero-order valence-corrected chi connectivity index (χ0v) is 15.4. The second-order valence-electron chi connectivity index (χ2n) is 6.29. The molecule has 0 aliphatic heterocycles. The van der Waals surface area contributed by atoms with Gasteiger partial charge in [-0.25, -0.2) is 0 Å². The molecular formula is C23H34O. The van der Waals surface area contributed by atoms with Gasteiger partial charge in [-0.1, -0.05) is 79.8 Å². The minimum atomic E-state index is 0.690. The van der Waals surface area contributed by atoms with Gasteiger partial charge in [-0.05, 0) is 37.7 Å². The first-order chi connectivity index (χ1) is 11.8. The zero-order chi connectivity index (χ0) is 17.5. The molecule has 24 heavy (non-hydrogen) atoms. The Balaban J connectivity index is 2.52. The van der Waals surface area contributed by atoms with E-state index in [0.717, 1.165) is 25.9 Å². The second kappa shape index (κ2) is 13.8. The number of benzene rings is 1. The first kappa shape index (κ1) is 20.4. The van der Waals surface area contributed by atoms with Crippen molar-refractivity contribution in [1.82, 2.24) is 0 Å². The van der Waals surface area contributed by atoms with E-state index in [9.17, 15) is 0 Å². The lowest BCUT2D eigenvalue weighted by Gasteiger charge is -2.14. The molecule has 0 amide bonds. The van der Waals surface area contributed by atoms with E-state index in [-0.39, 0.29) is 0 Å². The highest BCUT2D eigenvalue weighted by Crippen LogP contribution is 2.23. The van der Waals surface area contributed by atoms with Gasteiger partial charge in [0.15, 0.2) is 0 Å². The van der Waals surface area contributed by atoms with Gasteiger partial charge in [-0.3, -0.25) is 0 Å².